The van der Waals surface area contributed by atoms with Gasteiger partial charge < -0.3 is 9.09 Å². The lowest BCUT2D eigenvalue weighted by atomic mass is 9.95. The van der Waals surface area contributed by atoms with Crippen molar-refractivity contribution in [3.63, 3.8) is 0 Å². The Morgan fingerprint density at radius 3 is 2.45 bits per heavy atom. The summed E-state index contributed by atoms with van der Waals surface area (Å²) in [5, 5.41) is 3.75. The molecule has 7 nitrogen and oxygen atoms in total. The van der Waals surface area contributed by atoms with E-state index in [4.69, 9.17) is 4.52 Å². The maximum absolute atomic E-state index is 12.8. The SMILES string of the molecule is Cc1noc(C)c1S(=O)(=O)N1CCC(c2cncn2C)CC1. The van der Waals surface area contributed by atoms with Crippen molar-refractivity contribution in [2.45, 2.75) is 37.5 Å². The molecule has 1 aliphatic heterocycles. The summed E-state index contributed by atoms with van der Waals surface area (Å²) in [7, 11) is -1.56. The van der Waals surface area contributed by atoms with Crippen molar-refractivity contribution in [3.8, 4) is 0 Å². The molecular formula is C14H20N4O3S. The van der Waals surface area contributed by atoms with Crippen LogP contribution in [0, 0.1) is 13.8 Å². The fraction of sp³-hybridized carbons (Fsp3) is 0.571. The molecule has 2 aromatic rings. The number of imidazole rings is 1. The average Bonchev–Trinajstić information content (AvgIpc) is 3.05. The van der Waals surface area contributed by atoms with Gasteiger partial charge in [0.05, 0.1) is 6.33 Å². The van der Waals surface area contributed by atoms with E-state index in [0.29, 0.717) is 30.5 Å². The second-order valence-electron chi connectivity index (χ2n) is 5.76. The van der Waals surface area contributed by atoms with Crippen LogP contribution in [0.2, 0.25) is 0 Å². The largest absolute Gasteiger partial charge is 0.360 e. The minimum absolute atomic E-state index is 0.214. The molecule has 1 aliphatic rings. The second kappa shape index (κ2) is 5.51. The molecule has 0 radical (unpaired) electrons. The Labute approximate surface area is 130 Å². The number of aromatic nitrogens is 3. The Morgan fingerprint density at radius 2 is 1.95 bits per heavy atom. The lowest BCUT2D eigenvalue weighted by molar-refractivity contribution is 0.313. The Hall–Kier alpha value is -1.67. The summed E-state index contributed by atoms with van der Waals surface area (Å²) in [6.45, 7) is 4.30. The van der Waals surface area contributed by atoms with E-state index in [1.807, 2.05) is 17.8 Å². The van der Waals surface area contributed by atoms with Crippen LogP contribution in [0.4, 0.5) is 0 Å². The number of piperidine rings is 1. The van der Waals surface area contributed by atoms with Crippen LogP contribution in [0.1, 0.15) is 35.9 Å². The molecule has 0 amide bonds. The molecule has 22 heavy (non-hydrogen) atoms. The normalized spacial score (nSPS) is 18.0. The predicted octanol–water partition coefficient (Wildman–Crippen LogP) is 1.59. The van der Waals surface area contributed by atoms with E-state index in [2.05, 4.69) is 10.1 Å². The molecule has 0 atom stereocenters. The third kappa shape index (κ3) is 2.46. The van der Waals surface area contributed by atoms with Gasteiger partial charge in [0.15, 0.2) is 5.76 Å². The van der Waals surface area contributed by atoms with Crippen molar-refractivity contribution in [1.82, 2.24) is 19.0 Å². The van der Waals surface area contributed by atoms with Gasteiger partial charge in [0, 0.05) is 37.9 Å². The molecule has 0 spiro atoms. The summed E-state index contributed by atoms with van der Waals surface area (Å²) in [6, 6.07) is 0. The van der Waals surface area contributed by atoms with Crippen molar-refractivity contribution in [1.29, 1.82) is 0 Å². The van der Waals surface area contributed by atoms with Crippen molar-refractivity contribution >= 4 is 10.0 Å². The molecule has 0 aromatic carbocycles. The molecule has 3 heterocycles. The maximum atomic E-state index is 12.8. The van der Waals surface area contributed by atoms with Gasteiger partial charge in [-0.1, -0.05) is 5.16 Å². The molecule has 2 aromatic heterocycles. The quantitative estimate of drug-likeness (QED) is 0.856. The Morgan fingerprint density at radius 1 is 1.27 bits per heavy atom. The van der Waals surface area contributed by atoms with Gasteiger partial charge in [0.1, 0.15) is 10.6 Å². The number of sulfonamides is 1. The van der Waals surface area contributed by atoms with E-state index in [9.17, 15) is 8.42 Å². The van der Waals surface area contributed by atoms with Crippen molar-refractivity contribution in [2.24, 2.45) is 7.05 Å². The summed E-state index contributed by atoms with van der Waals surface area (Å²) in [5.74, 6) is 0.704. The van der Waals surface area contributed by atoms with Crippen molar-refractivity contribution < 1.29 is 12.9 Å². The van der Waals surface area contributed by atoms with Crippen LogP contribution in [0.5, 0.6) is 0 Å². The smallest absolute Gasteiger partial charge is 0.248 e. The molecule has 120 valence electrons. The Kier molecular flexibility index (Phi) is 3.82. The fourth-order valence-corrected chi connectivity index (χ4v) is 4.89. The molecule has 0 N–H and O–H groups in total. The van der Waals surface area contributed by atoms with Gasteiger partial charge in [-0.05, 0) is 26.7 Å². The predicted molar refractivity (Wildman–Crippen MR) is 79.9 cm³/mol. The number of rotatable bonds is 3. The molecule has 8 heteroatoms. The van der Waals surface area contributed by atoms with Crippen LogP contribution in [0.3, 0.4) is 0 Å². The van der Waals surface area contributed by atoms with Gasteiger partial charge in [-0.25, -0.2) is 13.4 Å². The zero-order chi connectivity index (χ0) is 15.9. The topological polar surface area (TPSA) is 81.2 Å². The highest BCUT2D eigenvalue weighted by Crippen LogP contribution is 2.31. The molecular weight excluding hydrogens is 304 g/mol. The first-order valence-corrected chi connectivity index (χ1v) is 8.74. The summed E-state index contributed by atoms with van der Waals surface area (Å²) < 4.78 is 34.1. The minimum atomic E-state index is -3.53. The highest BCUT2D eigenvalue weighted by Gasteiger charge is 2.34. The molecule has 0 saturated carbocycles. The van der Waals surface area contributed by atoms with Gasteiger partial charge >= 0.3 is 0 Å². The standard InChI is InChI=1S/C14H20N4O3S/c1-10-14(11(2)21-16-10)22(19,20)18-6-4-12(5-7-18)13-8-15-9-17(13)3/h8-9,12H,4-7H2,1-3H3. The summed E-state index contributed by atoms with van der Waals surface area (Å²) in [5.41, 5.74) is 1.58. The van der Waals surface area contributed by atoms with Gasteiger partial charge in [-0.15, -0.1) is 0 Å². The van der Waals surface area contributed by atoms with Gasteiger partial charge in [-0.3, -0.25) is 0 Å². The highest BCUT2D eigenvalue weighted by molar-refractivity contribution is 7.89. The van der Waals surface area contributed by atoms with Gasteiger partial charge in [-0.2, -0.15) is 4.31 Å². The average molecular weight is 324 g/mol. The van der Waals surface area contributed by atoms with Gasteiger partial charge in [0.2, 0.25) is 10.0 Å². The summed E-state index contributed by atoms with van der Waals surface area (Å²) in [6.07, 6.45) is 5.23. The minimum Gasteiger partial charge on any atom is -0.360 e. The van der Waals surface area contributed by atoms with E-state index in [1.165, 1.54) is 4.31 Å². The molecule has 3 rings (SSSR count). The molecule has 0 bridgehead atoms. The van der Waals surface area contributed by atoms with E-state index >= 15 is 0 Å². The number of hydrogen-bond donors (Lipinski definition) is 0. The van der Waals surface area contributed by atoms with E-state index in [-0.39, 0.29) is 4.90 Å². The maximum Gasteiger partial charge on any atom is 0.248 e. The third-order valence-electron chi connectivity index (χ3n) is 4.29. The van der Waals surface area contributed by atoms with Crippen LogP contribution >= 0.6 is 0 Å². The molecule has 1 fully saturated rings. The number of nitrogens with zero attached hydrogens (tertiary/aromatic N) is 4. The molecule has 1 saturated heterocycles. The van der Waals surface area contributed by atoms with E-state index in [0.717, 1.165) is 18.5 Å². The Bertz CT molecular complexity index is 750. The first-order valence-electron chi connectivity index (χ1n) is 7.30. The first kappa shape index (κ1) is 15.2. The zero-order valence-corrected chi connectivity index (χ0v) is 13.8. The van der Waals surface area contributed by atoms with Crippen LogP contribution in [-0.4, -0.2) is 40.5 Å². The number of aryl methyl sites for hydroxylation is 3. The Balaban J connectivity index is 1.78. The summed E-state index contributed by atoms with van der Waals surface area (Å²) >= 11 is 0. The van der Waals surface area contributed by atoms with Crippen LogP contribution in [-0.2, 0) is 17.1 Å². The van der Waals surface area contributed by atoms with Crippen molar-refractivity contribution in [2.75, 3.05) is 13.1 Å². The van der Waals surface area contributed by atoms with Gasteiger partial charge in [0.25, 0.3) is 0 Å². The monoisotopic (exact) mass is 324 g/mol. The third-order valence-corrected chi connectivity index (χ3v) is 6.44. The van der Waals surface area contributed by atoms with Crippen molar-refractivity contribution in [3.05, 3.63) is 29.7 Å². The highest BCUT2D eigenvalue weighted by atomic mass is 32.2. The van der Waals surface area contributed by atoms with Crippen LogP contribution in [0.15, 0.2) is 21.9 Å². The van der Waals surface area contributed by atoms with E-state index < -0.39 is 10.0 Å². The summed E-state index contributed by atoms with van der Waals surface area (Å²) in [4.78, 5) is 4.35. The number of hydrogen-bond acceptors (Lipinski definition) is 5. The lowest BCUT2D eigenvalue weighted by Crippen LogP contribution is -2.38. The zero-order valence-electron chi connectivity index (χ0n) is 13.0. The molecule has 0 aliphatic carbocycles. The first-order chi connectivity index (χ1) is 10.4. The lowest BCUT2D eigenvalue weighted by Gasteiger charge is -2.31. The fourth-order valence-electron chi connectivity index (χ4n) is 3.12. The van der Waals surface area contributed by atoms with Crippen LogP contribution < -0.4 is 0 Å². The second-order valence-corrected chi connectivity index (χ2v) is 7.64. The van der Waals surface area contributed by atoms with Crippen LogP contribution in [0.25, 0.3) is 0 Å². The molecule has 0 unspecified atom stereocenters. The van der Waals surface area contributed by atoms with E-state index in [1.54, 1.807) is 20.2 Å².